The summed E-state index contributed by atoms with van der Waals surface area (Å²) in [4.78, 5) is 10.9. The molecule has 3 nitrogen and oxygen atoms in total. The van der Waals surface area contributed by atoms with Crippen molar-refractivity contribution >= 4 is 13.4 Å². The molecule has 12 heavy (non-hydrogen) atoms. The Kier molecular flexibility index (Phi) is 3.98. The van der Waals surface area contributed by atoms with E-state index in [1.54, 1.807) is 0 Å². The summed E-state index contributed by atoms with van der Waals surface area (Å²) in [6.45, 7) is 2.60. The third kappa shape index (κ3) is 3.16. The molecule has 0 saturated heterocycles. The lowest BCUT2D eigenvalue weighted by atomic mass is 9.74. The van der Waals surface area contributed by atoms with Gasteiger partial charge >= 0.3 is 6.03 Å². The molecule has 0 aromatic rings. The first-order valence-electron chi connectivity index (χ1n) is 4.70. The van der Waals surface area contributed by atoms with Crippen molar-refractivity contribution in [1.82, 2.24) is 10.5 Å². The summed E-state index contributed by atoms with van der Waals surface area (Å²) < 4.78 is 0. The molecule has 0 aromatic carbocycles. The Labute approximate surface area is 74.6 Å². The van der Waals surface area contributed by atoms with E-state index in [1.165, 1.54) is 25.7 Å². The van der Waals surface area contributed by atoms with Gasteiger partial charge in [-0.15, -0.1) is 0 Å². The van der Waals surface area contributed by atoms with Crippen molar-refractivity contribution in [3.05, 3.63) is 0 Å². The first-order chi connectivity index (χ1) is 5.83. The van der Waals surface area contributed by atoms with E-state index in [-0.39, 0.29) is 6.03 Å². The van der Waals surface area contributed by atoms with Gasteiger partial charge in [0.25, 0.3) is 7.41 Å². The minimum Gasteiger partial charge on any atom is -0.386 e. The Bertz CT molecular complexity index is 146. The topological polar surface area (TPSA) is 41.1 Å². The van der Waals surface area contributed by atoms with Gasteiger partial charge in [0.05, 0.1) is 0 Å². The maximum atomic E-state index is 10.9. The molecule has 0 unspecified atom stereocenters. The molecule has 1 aliphatic rings. The van der Waals surface area contributed by atoms with Crippen molar-refractivity contribution < 1.29 is 4.79 Å². The average molecular weight is 167 g/mol. The molecule has 0 atom stereocenters. The smallest absolute Gasteiger partial charge is 0.302 e. The number of nitrogens with one attached hydrogen (secondary N) is 2. The normalized spacial score (nSPS) is 17.4. The van der Waals surface area contributed by atoms with Crippen molar-refractivity contribution in [2.45, 2.75) is 38.4 Å². The summed E-state index contributed by atoms with van der Waals surface area (Å²) in [6.07, 6.45) is 5.06. The van der Waals surface area contributed by atoms with Gasteiger partial charge in [-0.25, -0.2) is 0 Å². The van der Waals surface area contributed by atoms with E-state index in [1.807, 2.05) is 14.3 Å². The number of amides is 2. The van der Waals surface area contributed by atoms with Gasteiger partial charge in [0.15, 0.2) is 0 Å². The molecular formula is C8H16BN2O. The van der Waals surface area contributed by atoms with Crippen molar-refractivity contribution in [2.24, 2.45) is 0 Å². The minimum atomic E-state index is -0.0793. The van der Waals surface area contributed by atoms with Crippen LogP contribution in [0.25, 0.3) is 0 Å². The standard InChI is InChI=1S/C8H16BN2O/c1-2-10-8(12)11-9-7-5-3-4-6-7/h7H,2-6H2,1H3,(H2,10,11,12). The zero-order valence-electron chi connectivity index (χ0n) is 7.60. The van der Waals surface area contributed by atoms with E-state index in [0.717, 1.165) is 0 Å². The molecule has 1 radical (unpaired) electrons. The second-order valence-corrected chi connectivity index (χ2v) is 3.21. The Hall–Kier alpha value is -0.665. The van der Waals surface area contributed by atoms with Gasteiger partial charge in [-0.2, -0.15) is 0 Å². The fourth-order valence-corrected chi connectivity index (χ4v) is 1.53. The van der Waals surface area contributed by atoms with Crippen LogP contribution in [0.4, 0.5) is 4.79 Å². The number of urea groups is 1. The van der Waals surface area contributed by atoms with Gasteiger partial charge in [0.2, 0.25) is 0 Å². The van der Waals surface area contributed by atoms with Crippen LogP contribution in [0.15, 0.2) is 0 Å². The summed E-state index contributed by atoms with van der Waals surface area (Å²) in [5.41, 5.74) is 0. The monoisotopic (exact) mass is 167 g/mol. The Morgan fingerprint density at radius 2 is 2.17 bits per heavy atom. The molecule has 67 valence electrons. The van der Waals surface area contributed by atoms with Crippen LogP contribution in [0.1, 0.15) is 32.6 Å². The van der Waals surface area contributed by atoms with Crippen LogP contribution in [0.5, 0.6) is 0 Å². The van der Waals surface area contributed by atoms with E-state index < -0.39 is 0 Å². The van der Waals surface area contributed by atoms with Crippen LogP contribution in [0, 0.1) is 0 Å². The van der Waals surface area contributed by atoms with E-state index in [0.29, 0.717) is 12.4 Å². The first kappa shape index (κ1) is 9.42. The number of hydrogen-bond donors (Lipinski definition) is 2. The van der Waals surface area contributed by atoms with Crippen LogP contribution in [0.2, 0.25) is 5.82 Å². The fraction of sp³-hybridized carbons (Fsp3) is 0.875. The van der Waals surface area contributed by atoms with E-state index in [2.05, 4.69) is 10.5 Å². The highest BCUT2D eigenvalue weighted by Crippen LogP contribution is 2.28. The van der Waals surface area contributed by atoms with Crippen LogP contribution in [-0.2, 0) is 0 Å². The largest absolute Gasteiger partial charge is 0.386 e. The Balaban J connectivity index is 2.03. The van der Waals surface area contributed by atoms with Gasteiger partial charge in [0.1, 0.15) is 0 Å². The SMILES string of the molecule is CCNC(=O)N[B]C1CCCC1. The molecule has 2 amide bonds. The van der Waals surface area contributed by atoms with Gasteiger partial charge in [-0.05, 0) is 12.7 Å². The first-order valence-corrected chi connectivity index (χ1v) is 4.70. The number of hydrogen-bond acceptors (Lipinski definition) is 1. The van der Waals surface area contributed by atoms with Crippen LogP contribution < -0.4 is 10.5 Å². The molecule has 0 bridgehead atoms. The predicted molar refractivity (Wildman–Crippen MR) is 50.2 cm³/mol. The van der Waals surface area contributed by atoms with Gasteiger partial charge in [0, 0.05) is 6.54 Å². The predicted octanol–water partition coefficient (Wildman–Crippen LogP) is 1.29. The summed E-state index contributed by atoms with van der Waals surface area (Å²) in [5, 5.41) is 5.44. The Morgan fingerprint density at radius 1 is 1.50 bits per heavy atom. The van der Waals surface area contributed by atoms with Crippen LogP contribution in [-0.4, -0.2) is 20.0 Å². The third-order valence-electron chi connectivity index (χ3n) is 2.19. The third-order valence-corrected chi connectivity index (χ3v) is 2.19. The molecular weight excluding hydrogens is 151 g/mol. The zero-order valence-corrected chi connectivity index (χ0v) is 7.60. The highest BCUT2D eigenvalue weighted by atomic mass is 16.2. The molecule has 1 fully saturated rings. The Morgan fingerprint density at radius 3 is 2.75 bits per heavy atom. The molecule has 0 heterocycles. The van der Waals surface area contributed by atoms with E-state index in [9.17, 15) is 4.79 Å². The molecule has 1 aliphatic carbocycles. The summed E-state index contributed by atoms with van der Waals surface area (Å²) >= 11 is 0. The molecule has 1 rings (SSSR count). The molecule has 1 saturated carbocycles. The second-order valence-electron chi connectivity index (χ2n) is 3.21. The summed E-state index contributed by atoms with van der Waals surface area (Å²) in [5.74, 6) is 0.604. The highest BCUT2D eigenvalue weighted by Gasteiger charge is 2.16. The van der Waals surface area contributed by atoms with E-state index >= 15 is 0 Å². The molecule has 0 aliphatic heterocycles. The molecule has 2 N–H and O–H groups in total. The zero-order chi connectivity index (χ0) is 8.81. The summed E-state index contributed by atoms with van der Waals surface area (Å²) in [7, 11) is 1.93. The maximum Gasteiger partial charge on any atom is 0.302 e. The summed E-state index contributed by atoms with van der Waals surface area (Å²) in [6, 6.07) is -0.0793. The number of carbonyl (C=O) groups excluding carboxylic acids is 1. The highest BCUT2D eigenvalue weighted by molar-refractivity contribution is 6.38. The molecule has 0 spiro atoms. The average Bonchev–Trinajstić information content (AvgIpc) is 2.53. The van der Waals surface area contributed by atoms with Crippen molar-refractivity contribution in [3.8, 4) is 0 Å². The minimum absolute atomic E-state index is 0.0793. The van der Waals surface area contributed by atoms with Gasteiger partial charge in [-0.1, -0.05) is 25.7 Å². The van der Waals surface area contributed by atoms with E-state index in [4.69, 9.17) is 0 Å². The van der Waals surface area contributed by atoms with Crippen molar-refractivity contribution in [1.29, 1.82) is 0 Å². The van der Waals surface area contributed by atoms with Crippen molar-refractivity contribution in [3.63, 3.8) is 0 Å². The van der Waals surface area contributed by atoms with Crippen molar-refractivity contribution in [2.75, 3.05) is 6.54 Å². The van der Waals surface area contributed by atoms with Crippen LogP contribution in [0.3, 0.4) is 0 Å². The molecule has 4 heteroatoms. The maximum absolute atomic E-state index is 10.9. The van der Waals surface area contributed by atoms with Gasteiger partial charge < -0.3 is 10.5 Å². The number of rotatable bonds is 3. The fourth-order valence-electron chi connectivity index (χ4n) is 1.53. The molecule has 0 aromatic heterocycles. The quantitative estimate of drug-likeness (QED) is 0.611. The number of carbonyl (C=O) groups is 1. The van der Waals surface area contributed by atoms with Crippen LogP contribution >= 0.6 is 0 Å². The second kappa shape index (κ2) is 5.06. The van der Waals surface area contributed by atoms with Gasteiger partial charge in [-0.3, -0.25) is 4.79 Å². The lowest BCUT2D eigenvalue weighted by molar-refractivity contribution is 0.246. The lowest BCUT2D eigenvalue weighted by Crippen LogP contribution is -2.38. The lowest BCUT2D eigenvalue weighted by Gasteiger charge is -2.08.